The van der Waals surface area contributed by atoms with Gasteiger partial charge in [0.2, 0.25) is 0 Å². The third kappa shape index (κ3) is 1.89. The van der Waals surface area contributed by atoms with E-state index in [-0.39, 0.29) is 0 Å². The van der Waals surface area contributed by atoms with Crippen LogP contribution in [0.2, 0.25) is 0 Å². The van der Waals surface area contributed by atoms with Gasteiger partial charge in [0.25, 0.3) is 0 Å². The van der Waals surface area contributed by atoms with Crippen molar-refractivity contribution in [1.82, 2.24) is 0 Å². The Hall–Kier alpha value is -0.880. The largest absolute Gasteiger partial charge is 0.384 e. The van der Waals surface area contributed by atoms with Crippen LogP contribution >= 0.6 is 0 Å². The third-order valence-corrected chi connectivity index (χ3v) is 2.95. The molecule has 3 unspecified atom stereocenters. The molecule has 1 aliphatic rings. The molecule has 1 saturated carbocycles. The van der Waals surface area contributed by atoms with Crippen molar-refractivity contribution in [1.29, 1.82) is 5.26 Å². The van der Waals surface area contributed by atoms with Crippen LogP contribution in [0.1, 0.15) is 32.6 Å². The van der Waals surface area contributed by atoms with Gasteiger partial charge in [-0.2, -0.15) is 5.26 Å². The van der Waals surface area contributed by atoms with Gasteiger partial charge in [-0.25, -0.2) is 0 Å². The number of hydrogen-bond acceptors (Lipinski definition) is 3. The van der Waals surface area contributed by atoms with Crippen molar-refractivity contribution in [2.75, 3.05) is 0 Å². The van der Waals surface area contributed by atoms with E-state index in [0.717, 1.165) is 12.8 Å². The van der Waals surface area contributed by atoms with E-state index in [1.165, 1.54) is 0 Å². The second-order valence-corrected chi connectivity index (χ2v) is 4.05. The number of aliphatic hydroxyl groups is 1. The number of nitrogens with zero attached hydrogens (tertiary/aromatic N) is 1. The van der Waals surface area contributed by atoms with Crippen LogP contribution in [0, 0.1) is 22.7 Å². The van der Waals surface area contributed by atoms with Crippen molar-refractivity contribution >= 4 is 6.29 Å². The summed E-state index contributed by atoms with van der Waals surface area (Å²) in [6, 6.07) is 2.12. The molecule has 0 aliphatic heterocycles. The van der Waals surface area contributed by atoms with Gasteiger partial charge in [0, 0.05) is 0 Å². The molecule has 3 atom stereocenters. The van der Waals surface area contributed by atoms with Gasteiger partial charge < -0.3 is 9.90 Å². The number of carbonyl (C=O) groups excluding carboxylic acids is 1. The number of hydrogen-bond donors (Lipinski definition) is 1. The molecule has 3 nitrogen and oxygen atoms in total. The first kappa shape index (κ1) is 10.2. The lowest BCUT2D eigenvalue weighted by Gasteiger charge is -2.35. The summed E-state index contributed by atoms with van der Waals surface area (Å²) in [6.45, 7) is 2.06. The summed E-state index contributed by atoms with van der Waals surface area (Å²) in [6.07, 6.45) is 2.69. The average molecular weight is 181 g/mol. The molecular weight excluding hydrogens is 166 g/mol. The summed E-state index contributed by atoms with van der Waals surface area (Å²) in [7, 11) is 0. The molecule has 0 aromatic heterocycles. The monoisotopic (exact) mass is 181 g/mol. The Balaban J connectivity index is 2.80. The molecule has 1 N–H and O–H groups in total. The van der Waals surface area contributed by atoms with Crippen LogP contribution in [-0.2, 0) is 4.79 Å². The van der Waals surface area contributed by atoms with Crippen molar-refractivity contribution in [2.24, 2.45) is 11.3 Å². The lowest BCUT2D eigenvalue weighted by Crippen LogP contribution is -2.39. The van der Waals surface area contributed by atoms with Gasteiger partial charge in [-0.3, -0.25) is 0 Å². The van der Waals surface area contributed by atoms with E-state index in [4.69, 9.17) is 5.26 Å². The van der Waals surface area contributed by atoms with E-state index in [1.807, 2.05) is 0 Å². The van der Waals surface area contributed by atoms with Crippen LogP contribution in [0.25, 0.3) is 0 Å². The molecule has 1 rings (SSSR count). The quantitative estimate of drug-likeness (QED) is 0.652. The summed E-state index contributed by atoms with van der Waals surface area (Å²) in [4.78, 5) is 10.5. The van der Waals surface area contributed by atoms with Crippen molar-refractivity contribution in [3.63, 3.8) is 0 Å². The number of aldehydes is 1. The molecule has 0 saturated heterocycles. The number of carbonyl (C=O) groups is 1. The third-order valence-electron chi connectivity index (χ3n) is 2.95. The zero-order valence-corrected chi connectivity index (χ0v) is 7.86. The Kier molecular flexibility index (Phi) is 3.05. The topological polar surface area (TPSA) is 61.1 Å². The first-order chi connectivity index (χ1) is 6.14. The van der Waals surface area contributed by atoms with E-state index in [1.54, 1.807) is 0 Å². The van der Waals surface area contributed by atoms with Crippen LogP contribution < -0.4 is 0 Å². The predicted octanol–water partition coefficient (Wildman–Crippen LogP) is 1.27. The van der Waals surface area contributed by atoms with Gasteiger partial charge in [0.1, 0.15) is 12.4 Å². The van der Waals surface area contributed by atoms with E-state index in [2.05, 4.69) is 13.0 Å². The standard InChI is InChI=1S/C10H15NO2/c1-8-3-2-4-10(5-8,7-11)9(13)6-12/h6,8-9,13H,2-5H2,1H3. The second kappa shape index (κ2) is 3.89. The Bertz CT molecular complexity index is 234. The van der Waals surface area contributed by atoms with Crippen molar-refractivity contribution in [3.05, 3.63) is 0 Å². The first-order valence-electron chi connectivity index (χ1n) is 4.69. The molecular formula is C10H15NO2. The molecule has 13 heavy (non-hydrogen) atoms. The summed E-state index contributed by atoms with van der Waals surface area (Å²) >= 11 is 0. The fourth-order valence-corrected chi connectivity index (χ4v) is 2.16. The minimum atomic E-state index is -1.11. The first-order valence-corrected chi connectivity index (χ1v) is 4.69. The Morgan fingerprint density at radius 2 is 2.46 bits per heavy atom. The highest BCUT2D eigenvalue weighted by Crippen LogP contribution is 2.40. The summed E-state index contributed by atoms with van der Waals surface area (Å²) in [5, 5.41) is 18.5. The van der Waals surface area contributed by atoms with E-state index >= 15 is 0 Å². The van der Waals surface area contributed by atoms with E-state index < -0.39 is 11.5 Å². The van der Waals surface area contributed by atoms with Crippen molar-refractivity contribution in [3.8, 4) is 6.07 Å². The van der Waals surface area contributed by atoms with E-state index in [9.17, 15) is 9.90 Å². The van der Waals surface area contributed by atoms with Crippen LogP contribution in [-0.4, -0.2) is 17.5 Å². The SMILES string of the molecule is CC1CCCC(C#N)(C(O)C=O)C1. The molecule has 72 valence electrons. The zero-order valence-electron chi connectivity index (χ0n) is 7.86. The highest BCUT2D eigenvalue weighted by molar-refractivity contribution is 5.58. The van der Waals surface area contributed by atoms with Gasteiger partial charge in [0.05, 0.1) is 11.5 Å². The average Bonchev–Trinajstić information content (AvgIpc) is 2.16. The minimum absolute atomic E-state index is 0.433. The predicted molar refractivity (Wildman–Crippen MR) is 47.7 cm³/mol. The summed E-state index contributed by atoms with van der Waals surface area (Å²) in [5.74, 6) is 0.433. The number of rotatable bonds is 2. The molecule has 1 fully saturated rings. The maximum Gasteiger partial charge on any atom is 0.150 e. The molecule has 0 aromatic carbocycles. The lowest BCUT2D eigenvalue weighted by molar-refractivity contribution is -0.120. The van der Waals surface area contributed by atoms with Gasteiger partial charge in [-0.1, -0.05) is 19.8 Å². The Morgan fingerprint density at radius 1 is 1.77 bits per heavy atom. The molecule has 0 bridgehead atoms. The maximum absolute atomic E-state index is 10.5. The van der Waals surface area contributed by atoms with Gasteiger partial charge in [-0.05, 0) is 18.8 Å². The summed E-state index contributed by atoms with van der Waals surface area (Å²) < 4.78 is 0. The molecule has 0 spiro atoms. The Labute approximate surface area is 78.4 Å². The second-order valence-electron chi connectivity index (χ2n) is 4.05. The van der Waals surface area contributed by atoms with Crippen LogP contribution in [0.5, 0.6) is 0 Å². The molecule has 0 radical (unpaired) electrons. The molecule has 0 heterocycles. The highest BCUT2D eigenvalue weighted by atomic mass is 16.3. The van der Waals surface area contributed by atoms with Crippen molar-refractivity contribution in [2.45, 2.75) is 38.7 Å². The molecule has 1 aliphatic carbocycles. The fourth-order valence-electron chi connectivity index (χ4n) is 2.16. The van der Waals surface area contributed by atoms with Crippen molar-refractivity contribution < 1.29 is 9.90 Å². The number of nitriles is 1. The summed E-state index contributed by atoms with van der Waals surface area (Å²) in [5.41, 5.74) is -0.806. The number of aliphatic hydroxyl groups excluding tert-OH is 1. The zero-order chi connectivity index (χ0) is 9.90. The molecule has 0 aromatic rings. The maximum atomic E-state index is 10.5. The lowest BCUT2D eigenvalue weighted by atomic mass is 9.68. The van der Waals surface area contributed by atoms with Crippen LogP contribution in [0.15, 0.2) is 0 Å². The highest BCUT2D eigenvalue weighted by Gasteiger charge is 2.41. The molecule has 3 heteroatoms. The fraction of sp³-hybridized carbons (Fsp3) is 0.800. The minimum Gasteiger partial charge on any atom is -0.384 e. The van der Waals surface area contributed by atoms with Gasteiger partial charge in [-0.15, -0.1) is 0 Å². The van der Waals surface area contributed by atoms with E-state index in [0.29, 0.717) is 25.0 Å². The normalized spacial score (nSPS) is 36.2. The molecule has 0 amide bonds. The van der Waals surface area contributed by atoms with Crippen LogP contribution in [0.3, 0.4) is 0 Å². The van der Waals surface area contributed by atoms with Gasteiger partial charge in [0.15, 0.2) is 0 Å². The van der Waals surface area contributed by atoms with Gasteiger partial charge >= 0.3 is 0 Å². The smallest absolute Gasteiger partial charge is 0.150 e. The van der Waals surface area contributed by atoms with Crippen LogP contribution in [0.4, 0.5) is 0 Å². The Morgan fingerprint density at radius 3 is 2.92 bits per heavy atom.